The van der Waals surface area contributed by atoms with Gasteiger partial charge in [0.1, 0.15) is 0 Å². The summed E-state index contributed by atoms with van der Waals surface area (Å²) in [7, 11) is 0. The van der Waals surface area contributed by atoms with E-state index in [9.17, 15) is 9.59 Å². The molecular weight excluding hydrogens is 244 g/mol. The Morgan fingerprint density at radius 2 is 2.21 bits per heavy atom. The first-order valence-corrected chi connectivity index (χ1v) is 6.47. The van der Waals surface area contributed by atoms with E-state index < -0.39 is 5.97 Å². The van der Waals surface area contributed by atoms with Crippen molar-refractivity contribution in [1.29, 1.82) is 0 Å². The van der Waals surface area contributed by atoms with E-state index in [4.69, 9.17) is 5.11 Å². The zero-order chi connectivity index (χ0) is 13.6. The van der Waals surface area contributed by atoms with Crippen molar-refractivity contribution in [2.45, 2.75) is 25.3 Å². The van der Waals surface area contributed by atoms with Crippen molar-refractivity contribution in [3.05, 3.63) is 29.3 Å². The molecule has 3 atom stereocenters. The summed E-state index contributed by atoms with van der Waals surface area (Å²) in [6.07, 6.45) is 0.601. The molecule has 0 saturated carbocycles. The predicted molar refractivity (Wildman–Crippen MR) is 70.0 cm³/mol. The minimum Gasteiger partial charge on any atom is -0.481 e. The molecule has 1 amide bonds. The third kappa shape index (κ3) is 2.00. The van der Waals surface area contributed by atoms with Gasteiger partial charge in [-0.25, -0.2) is 0 Å². The molecule has 2 heterocycles. The molecule has 1 aromatic carbocycles. The van der Waals surface area contributed by atoms with Crippen molar-refractivity contribution in [2.75, 3.05) is 11.9 Å². The van der Waals surface area contributed by atoms with E-state index >= 15 is 0 Å². The van der Waals surface area contributed by atoms with E-state index in [1.807, 2.05) is 25.1 Å². The molecule has 2 aliphatic heterocycles. The van der Waals surface area contributed by atoms with Gasteiger partial charge in [0, 0.05) is 18.3 Å². The number of amides is 1. The number of hydrogen-bond acceptors (Lipinski definition) is 3. The Labute approximate surface area is 111 Å². The minimum atomic E-state index is -0.749. The van der Waals surface area contributed by atoms with Crippen molar-refractivity contribution in [3.8, 4) is 0 Å². The maximum Gasteiger partial charge on any atom is 0.307 e. The lowest BCUT2D eigenvalue weighted by molar-refractivity contribution is -0.141. The first-order valence-electron chi connectivity index (χ1n) is 6.47. The predicted octanol–water partition coefficient (Wildman–Crippen LogP) is 1.48. The van der Waals surface area contributed by atoms with Crippen LogP contribution in [0.3, 0.4) is 0 Å². The number of nitrogens with one attached hydrogen (secondary N) is 2. The number of aliphatic carboxylic acids is 1. The highest BCUT2D eigenvalue weighted by molar-refractivity contribution is 6.02. The summed E-state index contributed by atoms with van der Waals surface area (Å²) in [4.78, 5) is 22.6. The Hall–Kier alpha value is -1.88. The molecule has 0 aromatic heterocycles. The van der Waals surface area contributed by atoms with Crippen LogP contribution < -0.4 is 10.6 Å². The summed E-state index contributed by atoms with van der Waals surface area (Å²) in [6.45, 7) is 2.39. The second-order valence-electron chi connectivity index (χ2n) is 5.29. The van der Waals surface area contributed by atoms with Gasteiger partial charge in [0.15, 0.2) is 0 Å². The molecule has 0 aliphatic carbocycles. The Kier molecular flexibility index (Phi) is 2.78. The number of fused-ring (bicyclic) bond motifs is 1. The standard InChI is InChI=1S/C14H16N2O3/c1-7-10-4-8(2-3-11(10)16-13(7)17)12-5-9(6-15-12)14(18)19/h2-4,7,9,12,15H,5-6H2,1H3,(H,16,17)(H,18,19). The summed E-state index contributed by atoms with van der Waals surface area (Å²) in [5.74, 6) is -1.18. The van der Waals surface area contributed by atoms with Crippen molar-refractivity contribution >= 4 is 17.6 Å². The molecule has 100 valence electrons. The number of carboxylic acid groups (broad SMARTS) is 1. The summed E-state index contributed by atoms with van der Waals surface area (Å²) in [5.41, 5.74) is 2.93. The van der Waals surface area contributed by atoms with E-state index in [1.54, 1.807) is 0 Å². The fraction of sp³-hybridized carbons (Fsp3) is 0.429. The average Bonchev–Trinajstić information content (AvgIpc) is 2.96. The van der Waals surface area contributed by atoms with E-state index in [1.165, 1.54) is 0 Å². The molecule has 1 fully saturated rings. The highest BCUT2D eigenvalue weighted by Crippen LogP contribution is 2.36. The zero-order valence-electron chi connectivity index (χ0n) is 10.6. The van der Waals surface area contributed by atoms with Crippen LogP contribution >= 0.6 is 0 Å². The summed E-state index contributed by atoms with van der Waals surface area (Å²) in [5, 5.41) is 15.1. The van der Waals surface area contributed by atoms with Crippen LogP contribution in [0.5, 0.6) is 0 Å². The van der Waals surface area contributed by atoms with Gasteiger partial charge >= 0.3 is 5.97 Å². The largest absolute Gasteiger partial charge is 0.481 e. The van der Waals surface area contributed by atoms with Crippen LogP contribution in [-0.4, -0.2) is 23.5 Å². The highest BCUT2D eigenvalue weighted by Gasteiger charge is 2.32. The van der Waals surface area contributed by atoms with Crippen LogP contribution in [0.4, 0.5) is 5.69 Å². The summed E-state index contributed by atoms with van der Waals surface area (Å²) >= 11 is 0. The van der Waals surface area contributed by atoms with Crippen LogP contribution in [-0.2, 0) is 9.59 Å². The molecule has 5 heteroatoms. The van der Waals surface area contributed by atoms with Gasteiger partial charge in [0.25, 0.3) is 0 Å². The quantitative estimate of drug-likeness (QED) is 0.752. The lowest BCUT2D eigenvalue weighted by Crippen LogP contribution is -2.17. The van der Waals surface area contributed by atoms with Gasteiger partial charge in [-0.2, -0.15) is 0 Å². The van der Waals surface area contributed by atoms with Crippen molar-refractivity contribution in [1.82, 2.24) is 5.32 Å². The molecule has 0 spiro atoms. The third-order valence-electron chi connectivity index (χ3n) is 4.08. The Morgan fingerprint density at radius 1 is 1.42 bits per heavy atom. The number of rotatable bonds is 2. The second-order valence-corrected chi connectivity index (χ2v) is 5.29. The van der Waals surface area contributed by atoms with E-state index in [0.717, 1.165) is 16.8 Å². The van der Waals surface area contributed by atoms with Gasteiger partial charge in [0.05, 0.1) is 11.8 Å². The van der Waals surface area contributed by atoms with E-state index in [2.05, 4.69) is 10.6 Å². The smallest absolute Gasteiger partial charge is 0.307 e. The first-order chi connectivity index (χ1) is 9.06. The maximum absolute atomic E-state index is 11.6. The number of carboxylic acids is 1. The number of anilines is 1. The van der Waals surface area contributed by atoms with Crippen molar-refractivity contribution in [3.63, 3.8) is 0 Å². The van der Waals surface area contributed by atoms with Crippen LogP contribution in [0.25, 0.3) is 0 Å². The average molecular weight is 260 g/mol. The van der Waals surface area contributed by atoms with Gasteiger partial charge in [-0.15, -0.1) is 0 Å². The topological polar surface area (TPSA) is 78.4 Å². The zero-order valence-corrected chi connectivity index (χ0v) is 10.6. The molecule has 3 unspecified atom stereocenters. The van der Waals surface area contributed by atoms with Gasteiger partial charge < -0.3 is 15.7 Å². The van der Waals surface area contributed by atoms with Crippen molar-refractivity contribution in [2.24, 2.45) is 5.92 Å². The molecule has 3 N–H and O–H groups in total. The molecule has 0 bridgehead atoms. The summed E-state index contributed by atoms with van der Waals surface area (Å²) < 4.78 is 0. The molecule has 2 aliphatic rings. The van der Waals surface area contributed by atoms with E-state index in [0.29, 0.717) is 13.0 Å². The number of benzene rings is 1. The molecular formula is C14H16N2O3. The highest BCUT2D eigenvalue weighted by atomic mass is 16.4. The SMILES string of the molecule is CC1C(=O)Nc2ccc(C3CC(C(=O)O)CN3)cc21. The number of carbonyl (C=O) groups is 2. The van der Waals surface area contributed by atoms with Gasteiger partial charge in [-0.3, -0.25) is 9.59 Å². The lowest BCUT2D eigenvalue weighted by atomic mass is 9.95. The monoisotopic (exact) mass is 260 g/mol. The Bertz CT molecular complexity index is 556. The van der Waals surface area contributed by atoms with Gasteiger partial charge in [-0.05, 0) is 30.5 Å². The molecule has 1 aromatic rings. The second kappa shape index (κ2) is 4.35. The van der Waals surface area contributed by atoms with Crippen LogP contribution in [0.15, 0.2) is 18.2 Å². The molecule has 19 heavy (non-hydrogen) atoms. The van der Waals surface area contributed by atoms with Gasteiger partial charge in [0.2, 0.25) is 5.91 Å². The first kappa shape index (κ1) is 12.2. The normalized spacial score (nSPS) is 29.1. The number of hydrogen-bond donors (Lipinski definition) is 3. The summed E-state index contributed by atoms with van der Waals surface area (Å²) in [6, 6.07) is 5.94. The van der Waals surface area contributed by atoms with Crippen LogP contribution in [0, 0.1) is 5.92 Å². The molecule has 1 saturated heterocycles. The Balaban J connectivity index is 1.85. The van der Waals surface area contributed by atoms with Gasteiger partial charge in [-0.1, -0.05) is 12.1 Å². The van der Waals surface area contributed by atoms with Crippen LogP contribution in [0.2, 0.25) is 0 Å². The van der Waals surface area contributed by atoms with Crippen molar-refractivity contribution < 1.29 is 14.7 Å². The minimum absolute atomic E-state index is 0.0231. The molecule has 5 nitrogen and oxygen atoms in total. The number of carbonyl (C=O) groups excluding carboxylic acids is 1. The molecule has 0 radical (unpaired) electrons. The fourth-order valence-electron chi connectivity index (χ4n) is 2.83. The maximum atomic E-state index is 11.6. The molecule has 3 rings (SSSR count). The fourth-order valence-corrected chi connectivity index (χ4v) is 2.83. The van der Waals surface area contributed by atoms with Crippen LogP contribution in [0.1, 0.15) is 36.4 Å². The van der Waals surface area contributed by atoms with E-state index in [-0.39, 0.29) is 23.8 Å². The third-order valence-corrected chi connectivity index (χ3v) is 4.08. The lowest BCUT2D eigenvalue weighted by Gasteiger charge is -2.12. The Morgan fingerprint density at radius 3 is 2.89 bits per heavy atom.